The summed E-state index contributed by atoms with van der Waals surface area (Å²) < 4.78 is 0. The van der Waals surface area contributed by atoms with E-state index in [1.54, 1.807) is 0 Å². The molecule has 0 aliphatic carbocycles. The van der Waals surface area contributed by atoms with Crippen molar-refractivity contribution in [2.45, 2.75) is 6.42 Å². The highest BCUT2D eigenvalue weighted by Crippen LogP contribution is 2.00. The van der Waals surface area contributed by atoms with E-state index in [1.165, 1.54) is 5.56 Å². The number of benzene rings is 1. The second-order valence-electron chi connectivity index (χ2n) is 3.21. The van der Waals surface area contributed by atoms with Gasteiger partial charge in [0.25, 0.3) is 0 Å². The molecule has 76 valence electrons. The molecule has 1 aromatic rings. The molecule has 14 heavy (non-hydrogen) atoms. The van der Waals surface area contributed by atoms with Gasteiger partial charge in [0.1, 0.15) is 0 Å². The first-order valence-electron chi connectivity index (χ1n) is 4.71. The summed E-state index contributed by atoms with van der Waals surface area (Å²) in [6.45, 7) is 0.948. The van der Waals surface area contributed by atoms with E-state index in [1.807, 2.05) is 25.1 Å². The van der Waals surface area contributed by atoms with Crippen LogP contribution in [0.15, 0.2) is 30.3 Å². The zero-order chi connectivity index (χ0) is 10.4. The Morgan fingerprint density at radius 1 is 1.36 bits per heavy atom. The molecule has 0 aliphatic rings. The quantitative estimate of drug-likeness (QED) is 0.761. The molecular formula is C11H16N2S. The predicted molar refractivity (Wildman–Crippen MR) is 64.4 cm³/mol. The molecule has 3 heteroatoms. The van der Waals surface area contributed by atoms with Crippen molar-refractivity contribution in [1.82, 2.24) is 10.2 Å². The Bertz CT molecular complexity index is 285. The SMILES string of the molecule is CNC(=S)N(C)CCc1ccccc1. The third kappa shape index (κ3) is 3.34. The predicted octanol–water partition coefficient (Wildman–Crippen LogP) is 1.67. The topological polar surface area (TPSA) is 15.3 Å². The van der Waals surface area contributed by atoms with Crippen LogP contribution < -0.4 is 5.32 Å². The minimum absolute atomic E-state index is 0.793. The zero-order valence-corrected chi connectivity index (χ0v) is 9.47. The Hall–Kier alpha value is -1.09. The Morgan fingerprint density at radius 3 is 2.57 bits per heavy atom. The molecule has 0 spiro atoms. The number of hydrogen-bond donors (Lipinski definition) is 1. The maximum Gasteiger partial charge on any atom is 0.168 e. The van der Waals surface area contributed by atoms with Gasteiger partial charge in [0, 0.05) is 20.6 Å². The van der Waals surface area contributed by atoms with Crippen LogP contribution in [0.2, 0.25) is 0 Å². The molecule has 0 aliphatic heterocycles. The third-order valence-corrected chi connectivity index (χ3v) is 2.66. The summed E-state index contributed by atoms with van der Waals surface area (Å²) in [5, 5.41) is 3.75. The fraction of sp³-hybridized carbons (Fsp3) is 0.364. The summed E-state index contributed by atoms with van der Waals surface area (Å²) >= 11 is 5.11. The number of thiocarbonyl (C=S) groups is 1. The van der Waals surface area contributed by atoms with Gasteiger partial charge in [-0.1, -0.05) is 30.3 Å². The molecule has 0 atom stereocenters. The summed E-state index contributed by atoms with van der Waals surface area (Å²) in [5.74, 6) is 0. The van der Waals surface area contributed by atoms with Crippen LogP contribution in [-0.4, -0.2) is 30.7 Å². The highest BCUT2D eigenvalue weighted by molar-refractivity contribution is 7.80. The second-order valence-corrected chi connectivity index (χ2v) is 3.60. The summed E-state index contributed by atoms with van der Waals surface area (Å²) in [6.07, 6.45) is 1.03. The number of likely N-dealkylation sites (N-methyl/N-ethyl adjacent to an activating group) is 1. The summed E-state index contributed by atoms with van der Waals surface area (Å²) in [5.41, 5.74) is 1.35. The smallest absolute Gasteiger partial charge is 0.168 e. The van der Waals surface area contributed by atoms with Gasteiger partial charge < -0.3 is 10.2 Å². The average Bonchev–Trinajstić information content (AvgIpc) is 2.26. The highest BCUT2D eigenvalue weighted by atomic mass is 32.1. The molecule has 1 aromatic carbocycles. The van der Waals surface area contributed by atoms with Crippen molar-refractivity contribution in [1.29, 1.82) is 0 Å². The number of nitrogens with zero attached hydrogens (tertiary/aromatic N) is 1. The van der Waals surface area contributed by atoms with Gasteiger partial charge in [0.2, 0.25) is 0 Å². The van der Waals surface area contributed by atoms with Gasteiger partial charge in [-0.25, -0.2) is 0 Å². The lowest BCUT2D eigenvalue weighted by molar-refractivity contribution is 0.502. The molecule has 0 heterocycles. The van der Waals surface area contributed by atoms with E-state index in [2.05, 4.69) is 29.6 Å². The van der Waals surface area contributed by atoms with Gasteiger partial charge in [-0.3, -0.25) is 0 Å². The van der Waals surface area contributed by atoms with Crippen LogP contribution in [0.25, 0.3) is 0 Å². The summed E-state index contributed by atoms with van der Waals surface area (Å²) in [4.78, 5) is 2.04. The van der Waals surface area contributed by atoms with E-state index < -0.39 is 0 Å². The van der Waals surface area contributed by atoms with Crippen molar-refractivity contribution in [2.75, 3.05) is 20.6 Å². The van der Waals surface area contributed by atoms with Crippen molar-refractivity contribution in [2.24, 2.45) is 0 Å². The molecule has 1 N–H and O–H groups in total. The molecule has 0 fully saturated rings. The largest absolute Gasteiger partial charge is 0.366 e. The van der Waals surface area contributed by atoms with Crippen LogP contribution in [-0.2, 0) is 6.42 Å². The minimum atomic E-state index is 0.793. The Morgan fingerprint density at radius 2 is 2.00 bits per heavy atom. The van der Waals surface area contributed by atoms with Crippen molar-refractivity contribution < 1.29 is 0 Å². The maximum atomic E-state index is 5.11. The van der Waals surface area contributed by atoms with Gasteiger partial charge in [-0.05, 0) is 24.2 Å². The minimum Gasteiger partial charge on any atom is -0.366 e. The Labute approximate surface area is 90.9 Å². The lowest BCUT2D eigenvalue weighted by atomic mass is 10.1. The van der Waals surface area contributed by atoms with E-state index in [-0.39, 0.29) is 0 Å². The lowest BCUT2D eigenvalue weighted by Crippen LogP contribution is -2.35. The van der Waals surface area contributed by atoms with Gasteiger partial charge in [-0.15, -0.1) is 0 Å². The van der Waals surface area contributed by atoms with Crippen molar-refractivity contribution >= 4 is 17.3 Å². The maximum absolute atomic E-state index is 5.11. The molecule has 0 unspecified atom stereocenters. The molecule has 0 amide bonds. The molecule has 0 saturated carbocycles. The second kappa shape index (κ2) is 5.60. The summed E-state index contributed by atoms with van der Waals surface area (Å²) in [6, 6.07) is 10.4. The molecule has 0 radical (unpaired) electrons. The third-order valence-electron chi connectivity index (χ3n) is 2.14. The first-order valence-corrected chi connectivity index (χ1v) is 5.11. The van der Waals surface area contributed by atoms with Gasteiger partial charge in [-0.2, -0.15) is 0 Å². The van der Waals surface area contributed by atoms with Crippen LogP contribution in [0.5, 0.6) is 0 Å². The van der Waals surface area contributed by atoms with Gasteiger partial charge >= 0.3 is 0 Å². The van der Waals surface area contributed by atoms with E-state index in [9.17, 15) is 0 Å². The van der Waals surface area contributed by atoms with E-state index >= 15 is 0 Å². The van der Waals surface area contributed by atoms with Gasteiger partial charge in [0.05, 0.1) is 0 Å². The van der Waals surface area contributed by atoms with E-state index in [0.717, 1.165) is 18.1 Å². The first kappa shape index (κ1) is 11.0. The first-order chi connectivity index (χ1) is 6.74. The fourth-order valence-corrected chi connectivity index (χ4v) is 1.33. The van der Waals surface area contributed by atoms with Gasteiger partial charge in [0.15, 0.2) is 5.11 Å². The van der Waals surface area contributed by atoms with Crippen molar-refractivity contribution in [3.63, 3.8) is 0 Å². The number of rotatable bonds is 3. The molecule has 0 saturated heterocycles. The average molecular weight is 208 g/mol. The molecular weight excluding hydrogens is 192 g/mol. The molecule has 0 aromatic heterocycles. The molecule has 2 nitrogen and oxygen atoms in total. The van der Waals surface area contributed by atoms with Crippen molar-refractivity contribution in [3.8, 4) is 0 Å². The van der Waals surface area contributed by atoms with Crippen LogP contribution in [0.1, 0.15) is 5.56 Å². The van der Waals surface area contributed by atoms with E-state index in [0.29, 0.717) is 0 Å². The van der Waals surface area contributed by atoms with Crippen LogP contribution in [0.3, 0.4) is 0 Å². The Balaban J connectivity index is 2.38. The standard InChI is InChI=1S/C11H16N2S/c1-12-11(14)13(2)9-8-10-6-4-3-5-7-10/h3-7H,8-9H2,1-2H3,(H,12,14). The number of nitrogens with one attached hydrogen (secondary N) is 1. The summed E-state index contributed by atoms with van der Waals surface area (Å²) in [7, 11) is 3.85. The van der Waals surface area contributed by atoms with E-state index in [4.69, 9.17) is 12.2 Å². The fourth-order valence-electron chi connectivity index (χ4n) is 1.23. The molecule has 0 bridgehead atoms. The van der Waals surface area contributed by atoms with Crippen LogP contribution in [0.4, 0.5) is 0 Å². The van der Waals surface area contributed by atoms with Crippen molar-refractivity contribution in [3.05, 3.63) is 35.9 Å². The van der Waals surface area contributed by atoms with Crippen LogP contribution >= 0.6 is 12.2 Å². The Kier molecular flexibility index (Phi) is 4.40. The van der Waals surface area contributed by atoms with Crippen LogP contribution in [0, 0.1) is 0 Å². The lowest BCUT2D eigenvalue weighted by Gasteiger charge is -2.19. The zero-order valence-electron chi connectivity index (χ0n) is 8.66. The number of hydrogen-bond acceptors (Lipinski definition) is 1. The molecule has 1 rings (SSSR count). The highest BCUT2D eigenvalue weighted by Gasteiger charge is 2.00. The normalized spacial score (nSPS) is 9.57. The monoisotopic (exact) mass is 208 g/mol.